The summed E-state index contributed by atoms with van der Waals surface area (Å²) < 4.78 is 7.30. The van der Waals surface area contributed by atoms with Crippen molar-refractivity contribution >= 4 is 11.6 Å². The molecule has 0 aliphatic carbocycles. The molecular weight excluding hydrogens is 286 g/mol. The third kappa shape index (κ3) is 3.57. The second-order valence-electron chi connectivity index (χ2n) is 5.17. The summed E-state index contributed by atoms with van der Waals surface area (Å²) in [4.78, 5) is 0. The fourth-order valence-corrected chi connectivity index (χ4v) is 2.80. The van der Waals surface area contributed by atoms with Crippen molar-refractivity contribution in [2.45, 2.75) is 26.3 Å². The van der Waals surface area contributed by atoms with Crippen LogP contribution in [-0.4, -0.2) is 23.4 Å². The second-order valence-corrected chi connectivity index (χ2v) is 5.61. The van der Waals surface area contributed by atoms with Crippen molar-refractivity contribution in [3.8, 4) is 5.75 Å². The fraction of sp³-hybridized carbons (Fsp3) is 0.438. The number of hydrogen-bond donors (Lipinski definition) is 1. The summed E-state index contributed by atoms with van der Waals surface area (Å²) in [5.41, 5.74) is 3.27. The van der Waals surface area contributed by atoms with Gasteiger partial charge in [-0.2, -0.15) is 5.10 Å². The van der Waals surface area contributed by atoms with Crippen molar-refractivity contribution in [2.24, 2.45) is 7.05 Å². The van der Waals surface area contributed by atoms with Crippen LogP contribution in [0.1, 0.15) is 36.2 Å². The normalized spacial score (nSPS) is 12.4. The highest BCUT2D eigenvalue weighted by atomic mass is 35.5. The van der Waals surface area contributed by atoms with Gasteiger partial charge in [0.15, 0.2) is 5.75 Å². The number of ether oxygens (including phenoxy) is 1. The summed E-state index contributed by atoms with van der Waals surface area (Å²) in [5, 5.41) is 8.61. The maximum atomic E-state index is 6.22. The van der Waals surface area contributed by atoms with E-state index in [0.717, 1.165) is 40.6 Å². The number of hydrogen-bond acceptors (Lipinski definition) is 3. The van der Waals surface area contributed by atoms with E-state index >= 15 is 0 Å². The quantitative estimate of drug-likeness (QED) is 0.888. The number of nitrogens with zero attached hydrogens (tertiary/aromatic N) is 2. The van der Waals surface area contributed by atoms with E-state index in [9.17, 15) is 0 Å². The molecule has 0 fully saturated rings. The van der Waals surface area contributed by atoms with Crippen LogP contribution in [0.4, 0.5) is 0 Å². The Kier molecular flexibility index (Phi) is 5.26. The maximum absolute atomic E-state index is 6.22. The second kappa shape index (κ2) is 6.96. The molecule has 0 saturated carbocycles. The van der Waals surface area contributed by atoms with Crippen molar-refractivity contribution in [2.75, 3.05) is 13.7 Å². The molecule has 0 saturated heterocycles. The van der Waals surface area contributed by atoms with E-state index < -0.39 is 0 Å². The van der Waals surface area contributed by atoms with Crippen LogP contribution in [0.15, 0.2) is 24.4 Å². The van der Waals surface area contributed by atoms with Gasteiger partial charge in [-0.05, 0) is 43.1 Å². The van der Waals surface area contributed by atoms with Gasteiger partial charge in [-0.3, -0.25) is 4.68 Å². The Morgan fingerprint density at radius 1 is 1.38 bits per heavy atom. The summed E-state index contributed by atoms with van der Waals surface area (Å²) in [6, 6.07) is 6.10. The highest BCUT2D eigenvalue weighted by Gasteiger charge is 2.22. The average molecular weight is 308 g/mol. The maximum Gasteiger partial charge on any atom is 0.161 e. The van der Waals surface area contributed by atoms with Crippen LogP contribution >= 0.6 is 11.6 Å². The highest BCUT2D eigenvalue weighted by molar-refractivity contribution is 6.30. The third-order valence-electron chi connectivity index (χ3n) is 3.44. The lowest BCUT2D eigenvalue weighted by atomic mass is 10.0. The Morgan fingerprint density at radius 2 is 2.14 bits per heavy atom. The van der Waals surface area contributed by atoms with Crippen molar-refractivity contribution in [3.63, 3.8) is 0 Å². The molecule has 21 heavy (non-hydrogen) atoms. The number of methoxy groups -OCH3 is 1. The van der Waals surface area contributed by atoms with Crippen LogP contribution < -0.4 is 10.1 Å². The molecule has 4 nitrogen and oxygen atoms in total. The van der Waals surface area contributed by atoms with E-state index in [4.69, 9.17) is 16.3 Å². The standard InChI is InChI=1S/C16H22ClN3O/c1-5-6-18-15(12-7-11(2)8-13(17)9-12)16-14(21-4)10-19-20(16)3/h7-10,15,18H,5-6H2,1-4H3. The summed E-state index contributed by atoms with van der Waals surface area (Å²) in [7, 11) is 3.59. The summed E-state index contributed by atoms with van der Waals surface area (Å²) in [6.45, 7) is 5.10. The zero-order valence-electron chi connectivity index (χ0n) is 13.0. The van der Waals surface area contributed by atoms with Crippen LogP contribution in [0.25, 0.3) is 0 Å². The molecule has 0 amide bonds. The summed E-state index contributed by atoms with van der Waals surface area (Å²) >= 11 is 6.22. The first-order valence-electron chi connectivity index (χ1n) is 7.13. The minimum absolute atomic E-state index is 0.00444. The zero-order valence-corrected chi connectivity index (χ0v) is 13.7. The van der Waals surface area contributed by atoms with Gasteiger partial charge in [0.1, 0.15) is 5.69 Å². The molecule has 2 aromatic rings. The van der Waals surface area contributed by atoms with E-state index in [1.54, 1.807) is 13.3 Å². The van der Waals surface area contributed by atoms with Gasteiger partial charge in [-0.1, -0.05) is 24.6 Å². The van der Waals surface area contributed by atoms with Crippen molar-refractivity contribution in [3.05, 3.63) is 46.2 Å². The molecular formula is C16H22ClN3O. The van der Waals surface area contributed by atoms with Crippen LogP contribution in [0.2, 0.25) is 5.02 Å². The minimum Gasteiger partial charge on any atom is -0.493 e. The molecule has 0 aliphatic rings. The first-order valence-corrected chi connectivity index (χ1v) is 7.51. The van der Waals surface area contributed by atoms with Gasteiger partial charge in [0.25, 0.3) is 0 Å². The van der Waals surface area contributed by atoms with Crippen LogP contribution in [0.5, 0.6) is 5.75 Å². The van der Waals surface area contributed by atoms with Gasteiger partial charge in [0.05, 0.1) is 19.3 Å². The van der Waals surface area contributed by atoms with Crippen LogP contribution in [0, 0.1) is 6.92 Å². The lowest BCUT2D eigenvalue weighted by Crippen LogP contribution is -2.25. The Labute approximate surface area is 131 Å². The monoisotopic (exact) mass is 307 g/mol. The molecule has 0 spiro atoms. The Morgan fingerprint density at radius 3 is 2.76 bits per heavy atom. The van der Waals surface area contributed by atoms with E-state index in [2.05, 4.69) is 23.4 Å². The number of nitrogens with one attached hydrogen (secondary N) is 1. The zero-order chi connectivity index (χ0) is 15.4. The topological polar surface area (TPSA) is 39.1 Å². The predicted octanol–water partition coefficient (Wildman–Crippen LogP) is 3.48. The lowest BCUT2D eigenvalue weighted by Gasteiger charge is -2.21. The molecule has 1 N–H and O–H groups in total. The molecule has 1 aromatic carbocycles. The van der Waals surface area contributed by atoms with Crippen molar-refractivity contribution in [1.82, 2.24) is 15.1 Å². The average Bonchev–Trinajstić information content (AvgIpc) is 2.80. The minimum atomic E-state index is 0.00444. The molecule has 2 rings (SSSR count). The van der Waals surface area contributed by atoms with Gasteiger partial charge >= 0.3 is 0 Å². The summed E-state index contributed by atoms with van der Waals surface area (Å²) in [5.74, 6) is 0.781. The van der Waals surface area contributed by atoms with E-state index in [1.807, 2.05) is 30.8 Å². The fourth-order valence-electron chi connectivity index (χ4n) is 2.51. The van der Waals surface area contributed by atoms with Crippen molar-refractivity contribution < 1.29 is 4.74 Å². The molecule has 1 unspecified atom stereocenters. The Bertz CT molecular complexity index is 589. The molecule has 1 atom stereocenters. The van der Waals surface area contributed by atoms with Gasteiger partial charge in [-0.25, -0.2) is 0 Å². The molecule has 0 bridgehead atoms. The predicted molar refractivity (Wildman–Crippen MR) is 86.1 cm³/mol. The van der Waals surface area contributed by atoms with Crippen molar-refractivity contribution in [1.29, 1.82) is 0 Å². The number of benzene rings is 1. The van der Waals surface area contributed by atoms with E-state index in [0.29, 0.717) is 0 Å². The number of aromatic nitrogens is 2. The molecule has 1 aromatic heterocycles. The molecule has 0 radical (unpaired) electrons. The SMILES string of the molecule is CCCNC(c1cc(C)cc(Cl)c1)c1c(OC)cnn1C. The van der Waals surface area contributed by atoms with E-state index in [1.165, 1.54) is 0 Å². The smallest absolute Gasteiger partial charge is 0.161 e. The Hall–Kier alpha value is -1.52. The lowest BCUT2D eigenvalue weighted by molar-refractivity contribution is 0.400. The largest absolute Gasteiger partial charge is 0.493 e. The number of aryl methyl sites for hydroxylation is 2. The van der Waals surface area contributed by atoms with Gasteiger partial charge in [0, 0.05) is 12.1 Å². The number of halogens is 1. The van der Waals surface area contributed by atoms with Crippen LogP contribution in [0.3, 0.4) is 0 Å². The molecule has 1 heterocycles. The Balaban J connectivity index is 2.49. The molecule has 114 valence electrons. The third-order valence-corrected chi connectivity index (χ3v) is 3.66. The van der Waals surface area contributed by atoms with Gasteiger partial charge in [0.2, 0.25) is 0 Å². The summed E-state index contributed by atoms with van der Waals surface area (Å²) in [6.07, 6.45) is 2.80. The first kappa shape index (κ1) is 15.9. The van der Waals surface area contributed by atoms with E-state index in [-0.39, 0.29) is 6.04 Å². The van der Waals surface area contributed by atoms with Gasteiger partial charge in [-0.15, -0.1) is 0 Å². The molecule has 0 aliphatic heterocycles. The van der Waals surface area contributed by atoms with Gasteiger partial charge < -0.3 is 10.1 Å². The highest BCUT2D eigenvalue weighted by Crippen LogP contribution is 2.31. The first-order chi connectivity index (χ1) is 10.1. The number of rotatable bonds is 6. The van der Waals surface area contributed by atoms with Crippen LogP contribution in [-0.2, 0) is 7.05 Å². The molecule has 5 heteroatoms.